The molecule has 2 aromatic carbocycles. The van der Waals surface area contributed by atoms with Crippen molar-refractivity contribution >= 4 is 47.5 Å². The Kier molecular flexibility index (Phi) is 9.71. The molecule has 0 bridgehead atoms. The van der Waals surface area contributed by atoms with E-state index in [1.807, 2.05) is 38.0 Å². The predicted octanol–water partition coefficient (Wildman–Crippen LogP) is 4.75. The van der Waals surface area contributed by atoms with Gasteiger partial charge in [0.1, 0.15) is 13.3 Å². The molecule has 0 radical (unpaired) electrons. The molecular formula is C30H26ClFN8O4. The second-order valence-electron chi connectivity index (χ2n) is 9.42. The van der Waals surface area contributed by atoms with Crippen molar-refractivity contribution in [3.63, 3.8) is 0 Å². The first-order valence-corrected chi connectivity index (χ1v) is 13.3. The van der Waals surface area contributed by atoms with Gasteiger partial charge in [0.15, 0.2) is 17.4 Å². The van der Waals surface area contributed by atoms with Crippen LogP contribution in [0.1, 0.15) is 33.6 Å². The van der Waals surface area contributed by atoms with Crippen LogP contribution in [0.5, 0.6) is 0 Å². The molecule has 0 aliphatic rings. The van der Waals surface area contributed by atoms with Gasteiger partial charge in [-0.15, -0.1) is 10.2 Å². The van der Waals surface area contributed by atoms with Crippen molar-refractivity contribution in [2.75, 3.05) is 10.6 Å². The second kappa shape index (κ2) is 13.6. The first-order valence-electron chi connectivity index (χ1n) is 13.0. The van der Waals surface area contributed by atoms with E-state index < -0.39 is 11.9 Å². The number of carbonyl (C=O) groups excluding carboxylic acids is 4. The van der Waals surface area contributed by atoms with Crippen LogP contribution in [0.2, 0.25) is 5.02 Å². The first kappa shape index (κ1) is 31.4. The third-order valence-electron chi connectivity index (χ3n) is 6.44. The smallest absolute Gasteiger partial charge is 0.291 e. The van der Waals surface area contributed by atoms with Crippen molar-refractivity contribution < 1.29 is 23.6 Å². The number of hydrogen-bond acceptors (Lipinski definition) is 8. The highest BCUT2D eigenvalue weighted by molar-refractivity contribution is 6.34. The molecule has 0 aliphatic heterocycles. The maximum atomic E-state index is 12.9. The number of halogens is 2. The van der Waals surface area contributed by atoms with Crippen molar-refractivity contribution in [3.05, 3.63) is 95.0 Å². The number of benzene rings is 2. The molecule has 5 rings (SSSR count). The second-order valence-corrected chi connectivity index (χ2v) is 9.83. The number of rotatable bonds is 8. The Bertz CT molecular complexity index is 1840. The Morgan fingerprint density at radius 3 is 2.32 bits per heavy atom. The summed E-state index contributed by atoms with van der Waals surface area (Å²) in [4.78, 5) is 49.2. The minimum atomic E-state index is -0.736. The van der Waals surface area contributed by atoms with Crippen molar-refractivity contribution in [1.29, 1.82) is 0 Å². The zero-order valence-electron chi connectivity index (χ0n) is 23.8. The van der Waals surface area contributed by atoms with Gasteiger partial charge in [-0.25, -0.2) is 4.98 Å². The highest BCUT2D eigenvalue weighted by atomic mass is 35.5. The molecule has 2 N–H and O–H groups in total. The van der Waals surface area contributed by atoms with Gasteiger partial charge in [-0.3, -0.25) is 19.1 Å². The number of carbonyl (C=O) groups is 4. The van der Waals surface area contributed by atoms with E-state index in [1.165, 1.54) is 23.7 Å². The van der Waals surface area contributed by atoms with E-state index in [4.69, 9.17) is 16.4 Å². The summed E-state index contributed by atoms with van der Waals surface area (Å²) in [5, 5.41) is 16.9. The van der Waals surface area contributed by atoms with E-state index in [9.17, 15) is 18.8 Å². The van der Waals surface area contributed by atoms with Crippen molar-refractivity contribution in [2.24, 2.45) is 7.05 Å². The van der Waals surface area contributed by atoms with Gasteiger partial charge in [-0.1, -0.05) is 35.9 Å². The van der Waals surface area contributed by atoms with E-state index in [-0.39, 0.29) is 34.9 Å². The molecule has 3 aromatic heterocycles. The highest BCUT2D eigenvalue weighted by Crippen LogP contribution is 2.27. The van der Waals surface area contributed by atoms with Crippen LogP contribution >= 0.6 is 11.6 Å². The molecule has 0 saturated heterocycles. The molecule has 224 valence electrons. The Morgan fingerprint density at radius 1 is 0.977 bits per heavy atom. The zero-order chi connectivity index (χ0) is 32.0. The number of aromatic nitrogens is 6. The van der Waals surface area contributed by atoms with E-state index in [0.717, 1.165) is 34.1 Å². The number of imidazole rings is 1. The standard InChI is InChI=1S/C29H24ClFN8O3.CH2O/c1-16-22(14-39(37-16)15-27(41)34-26-11-10-25(31)35-36-26)18-4-6-19(7-5-18)24-13-32-28(38(24)3)29(42)33-20-8-9-21(17(2)40)23(30)12-20;1-2/h4-14H,15H2,1-3H3,(H,33,42)(H,34,36,41);1H2. The molecule has 0 fully saturated rings. The Labute approximate surface area is 255 Å². The third kappa shape index (κ3) is 7.07. The van der Waals surface area contributed by atoms with Crippen molar-refractivity contribution in [2.45, 2.75) is 20.4 Å². The number of nitrogens with zero attached hydrogens (tertiary/aromatic N) is 6. The van der Waals surface area contributed by atoms with E-state index in [0.29, 0.717) is 11.3 Å². The number of Topliss-reactive ketones (excluding diaryl/α,β-unsaturated/α-hetero) is 1. The number of anilines is 2. The van der Waals surface area contributed by atoms with Gasteiger partial charge in [-0.2, -0.15) is 9.49 Å². The van der Waals surface area contributed by atoms with E-state index in [2.05, 4.69) is 30.9 Å². The lowest BCUT2D eigenvalue weighted by Crippen LogP contribution is -2.20. The maximum absolute atomic E-state index is 12.9. The molecule has 5 aromatic rings. The quantitative estimate of drug-likeness (QED) is 0.237. The van der Waals surface area contributed by atoms with Crippen LogP contribution in [0.15, 0.2) is 67.0 Å². The summed E-state index contributed by atoms with van der Waals surface area (Å²) in [6.07, 6.45) is 3.38. The van der Waals surface area contributed by atoms with Gasteiger partial charge >= 0.3 is 0 Å². The number of aryl methyl sites for hydroxylation is 1. The number of nitrogens with one attached hydrogen (secondary N) is 2. The average Bonchev–Trinajstić information content (AvgIpc) is 3.56. The molecule has 0 aliphatic carbocycles. The first-order chi connectivity index (χ1) is 21.1. The number of hydrogen-bond donors (Lipinski definition) is 2. The minimum absolute atomic E-state index is 0.0646. The monoisotopic (exact) mass is 616 g/mol. The molecule has 0 atom stereocenters. The molecule has 0 spiro atoms. The maximum Gasteiger partial charge on any atom is 0.291 e. The number of ketones is 1. The molecule has 2 amide bonds. The Morgan fingerprint density at radius 2 is 1.68 bits per heavy atom. The van der Waals surface area contributed by atoms with Gasteiger partial charge in [0.2, 0.25) is 11.9 Å². The molecule has 12 nitrogen and oxygen atoms in total. The molecule has 0 unspecified atom stereocenters. The van der Waals surface area contributed by atoms with Crippen LogP contribution in [0.4, 0.5) is 15.9 Å². The molecule has 0 saturated carbocycles. The normalized spacial score (nSPS) is 10.5. The SMILES string of the molecule is C=O.CC(=O)c1ccc(NC(=O)c2ncc(-c3ccc(-c4cn(CC(=O)Nc5ccc(F)nn5)nc4C)cc3)n2C)cc1Cl. The fourth-order valence-corrected chi connectivity index (χ4v) is 4.68. The van der Waals surface area contributed by atoms with Gasteiger partial charge in [0.25, 0.3) is 5.91 Å². The summed E-state index contributed by atoms with van der Waals surface area (Å²) in [6.45, 7) is 5.20. The molecular weight excluding hydrogens is 591 g/mol. The van der Waals surface area contributed by atoms with Crippen LogP contribution in [0.3, 0.4) is 0 Å². The van der Waals surface area contributed by atoms with Crippen LogP contribution in [-0.4, -0.2) is 53.9 Å². The lowest BCUT2D eigenvalue weighted by atomic mass is 10.0. The van der Waals surface area contributed by atoms with Crippen molar-refractivity contribution in [3.8, 4) is 22.4 Å². The largest absolute Gasteiger partial charge is 0.323 e. The summed E-state index contributed by atoms with van der Waals surface area (Å²) >= 11 is 6.16. The van der Waals surface area contributed by atoms with Gasteiger partial charge in [-0.05, 0) is 55.3 Å². The van der Waals surface area contributed by atoms with Crippen LogP contribution in [0, 0.1) is 12.9 Å². The summed E-state index contributed by atoms with van der Waals surface area (Å²) in [5.41, 5.74) is 4.85. The highest BCUT2D eigenvalue weighted by Gasteiger charge is 2.18. The molecule has 44 heavy (non-hydrogen) atoms. The minimum Gasteiger partial charge on any atom is -0.323 e. The summed E-state index contributed by atoms with van der Waals surface area (Å²) in [5.74, 6) is -1.37. The zero-order valence-corrected chi connectivity index (χ0v) is 24.6. The Hall–Kier alpha value is -5.56. The van der Waals surface area contributed by atoms with Gasteiger partial charge in [0, 0.05) is 30.1 Å². The topological polar surface area (TPSA) is 154 Å². The van der Waals surface area contributed by atoms with Crippen LogP contribution in [-0.2, 0) is 23.2 Å². The third-order valence-corrected chi connectivity index (χ3v) is 6.75. The molecule has 14 heteroatoms. The summed E-state index contributed by atoms with van der Waals surface area (Å²) < 4.78 is 16.1. The fourth-order valence-electron chi connectivity index (χ4n) is 4.37. The number of amides is 2. The van der Waals surface area contributed by atoms with Gasteiger partial charge in [0.05, 0.1) is 22.6 Å². The van der Waals surface area contributed by atoms with Crippen molar-refractivity contribution in [1.82, 2.24) is 29.5 Å². The van der Waals surface area contributed by atoms with E-state index in [1.54, 1.807) is 36.1 Å². The average molecular weight is 617 g/mol. The summed E-state index contributed by atoms with van der Waals surface area (Å²) in [7, 11) is 1.74. The lowest BCUT2D eigenvalue weighted by Gasteiger charge is -2.09. The van der Waals surface area contributed by atoms with Gasteiger partial charge < -0.3 is 20.0 Å². The fraction of sp³-hybridized carbons (Fsp3) is 0.133. The predicted molar refractivity (Wildman–Crippen MR) is 162 cm³/mol. The summed E-state index contributed by atoms with van der Waals surface area (Å²) in [6, 6.07) is 14.8. The molecule has 3 heterocycles. The van der Waals surface area contributed by atoms with E-state index >= 15 is 0 Å². The lowest BCUT2D eigenvalue weighted by molar-refractivity contribution is -0.117. The van der Waals surface area contributed by atoms with Crippen LogP contribution < -0.4 is 10.6 Å². The Balaban J connectivity index is 0.00000216. The van der Waals surface area contributed by atoms with Crippen LogP contribution in [0.25, 0.3) is 22.4 Å².